The smallest absolute Gasteiger partial charge is 0.227 e. The van der Waals surface area contributed by atoms with Crippen molar-refractivity contribution in [3.05, 3.63) is 48.0 Å². The minimum absolute atomic E-state index is 0.493. The molecule has 120 valence electrons. The normalized spacial score (nSPS) is 11.3. The van der Waals surface area contributed by atoms with Crippen molar-refractivity contribution in [2.24, 2.45) is 0 Å². The molecule has 3 rings (SSSR count). The summed E-state index contributed by atoms with van der Waals surface area (Å²) in [6.45, 7) is 10.7. The largest absolute Gasteiger partial charge is 0.436 e. The van der Waals surface area contributed by atoms with Crippen LogP contribution >= 0.6 is 0 Å². The van der Waals surface area contributed by atoms with Gasteiger partial charge in [0.1, 0.15) is 5.52 Å². The van der Waals surface area contributed by atoms with Crippen molar-refractivity contribution in [1.29, 1.82) is 0 Å². The van der Waals surface area contributed by atoms with Crippen LogP contribution < -0.4 is 4.90 Å². The first kappa shape index (κ1) is 15.6. The molecule has 0 saturated heterocycles. The molecule has 0 amide bonds. The average molecular weight is 308 g/mol. The topological polar surface area (TPSA) is 29.3 Å². The van der Waals surface area contributed by atoms with Crippen molar-refractivity contribution in [3.63, 3.8) is 0 Å². The molecule has 3 aromatic rings. The predicted molar refractivity (Wildman–Crippen MR) is 97.1 cm³/mol. The van der Waals surface area contributed by atoms with E-state index in [1.807, 2.05) is 6.07 Å². The number of hydrogen-bond acceptors (Lipinski definition) is 3. The lowest BCUT2D eigenvalue weighted by Gasteiger charge is -2.20. The molecule has 0 N–H and O–H groups in total. The quantitative estimate of drug-likeness (QED) is 0.626. The molecular formula is C20H24N2O. The molecule has 2 aromatic carbocycles. The van der Waals surface area contributed by atoms with Crippen LogP contribution in [0.4, 0.5) is 5.69 Å². The van der Waals surface area contributed by atoms with Crippen LogP contribution in [0.15, 0.2) is 46.9 Å². The minimum Gasteiger partial charge on any atom is -0.436 e. The van der Waals surface area contributed by atoms with E-state index in [1.54, 1.807) is 0 Å². The molecule has 1 aromatic heterocycles. The maximum atomic E-state index is 5.92. The third-order valence-corrected chi connectivity index (χ3v) is 4.32. The summed E-state index contributed by atoms with van der Waals surface area (Å²) in [6, 6.07) is 14.7. The van der Waals surface area contributed by atoms with Gasteiger partial charge >= 0.3 is 0 Å². The molecule has 0 radical (unpaired) electrons. The Kier molecular flexibility index (Phi) is 4.37. The summed E-state index contributed by atoms with van der Waals surface area (Å²) < 4.78 is 5.92. The zero-order chi connectivity index (χ0) is 16.4. The van der Waals surface area contributed by atoms with Crippen molar-refractivity contribution in [2.75, 3.05) is 18.0 Å². The van der Waals surface area contributed by atoms with Crippen LogP contribution in [-0.2, 0) is 0 Å². The van der Waals surface area contributed by atoms with Crippen LogP contribution in [-0.4, -0.2) is 18.1 Å². The van der Waals surface area contributed by atoms with E-state index in [1.165, 1.54) is 11.3 Å². The highest BCUT2D eigenvalue weighted by atomic mass is 16.3. The predicted octanol–water partition coefficient (Wildman–Crippen LogP) is 5.46. The third kappa shape index (κ3) is 3.09. The minimum atomic E-state index is 0.493. The van der Waals surface area contributed by atoms with Crippen molar-refractivity contribution in [3.8, 4) is 11.5 Å². The Hall–Kier alpha value is -2.29. The molecule has 3 heteroatoms. The van der Waals surface area contributed by atoms with Crippen molar-refractivity contribution in [2.45, 2.75) is 33.6 Å². The van der Waals surface area contributed by atoms with E-state index in [0.717, 1.165) is 29.8 Å². The fourth-order valence-electron chi connectivity index (χ4n) is 2.83. The molecular weight excluding hydrogens is 284 g/mol. The molecule has 0 bridgehead atoms. The van der Waals surface area contributed by atoms with Crippen molar-refractivity contribution >= 4 is 16.8 Å². The second-order valence-corrected chi connectivity index (χ2v) is 6.12. The van der Waals surface area contributed by atoms with E-state index < -0.39 is 0 Å². The van der Waals surface area contributed by atoms with E-state index in [2.05, 4.69) is 74.0 Å². The fraction of sp³-hybridized carbons (Fsp3) is 0.350. The number of fused-ring (bicyclic) bond motifs is 1. The zero-order valence-corrected chi connectivity index (χ0v) is 14.3. The summed E-state index contributed by atoms with van der Waals surface area (Å²) in [5.74, 6) is 1.18. The van der Waals surface area contributed by atoms with Gasteiger partial charge < -0.3 is 9.32 Å². The van der Waals surface area contributed by atoms with Gasteiger partial charge in [-0.25, -0.2) is 4.98 Å². The molecule has 0 saturated carbocycles. The second-order valence-electron chi connectivity index (χ2n) is 6.12. The maximum Gasteiger partial charge on any atom is 0.227 e. The SMILES string of the molecule is CCN(CC)c1ccc(-c2nc3cc(C(C)C)ccc3o2)cc1. The highest BCUT2D eigenvalue weighted by Crippen LogP contribution is 2.28. The van der Waals surface area contributed by atoms with Gasteiger partial charge in [0, 0.05) is 24.3 Å². The molecule has 0 fully saturated rings. The number of anilines is 1. The number of rotatable bonds is 5. The number of benzene rings is 2. The highest BCUT2D eigenvalue weighted by Gasteiger charge is 2.10. The van der Waals surface area contributed by atoms with E-state index in [-0.39, 0.29) is 0 Å². The number of aromatic nitrogens is 1. The van der Waals surface area contributed by atoms with Crippen LogP contribution in [0.2, 0.25) is 0 Å². The molecule has 0 spiro atoms. The summed E-state index contributed by atoms with van der Waals surface area (Å²) in [7, 11) is 0. The Labute approximate surface area is 137 Å². The summed E-state index contributed by atoms with van der Waals surface area (Å²) in [5, 5.41) is 0. The van der Waals surface area contributed by atoms with Crippen LogP contribution in [0, 0.1) is 0 Å². The van der Waals surface area contributed by atoms with Gasteiger partial charge in [0.15, 0.2) is 5.58 Å². The molecule has 1 heterocycles. The van der Waals surface area contributed by atoms with E-state index in [9.17, 15) is 0 Å². The lowest BCUT2D eigenvalue weighted by molar-refractivity contribution is 0.619. The lowest BCUT2D eigenvalue weighted by Crippen LogP contribution is -2.21. The van der Waals surface area contributed by atoms with Crippen LogP contribution in [0.1, 0.15) is 39.2 Å². The molecule has 23 heavy (non-hydrogen) atoms. The van der Waals surface area contributed by atoms with Gasteiger partial charge in [-0.3, -0.25) is 0 Å². The Morgan fingerprint density at radius 1 is 1.00 bits per heavy atom. The van der Waals surface area contributed by atoms with Gasteiger partial charge in [0.2, 0.25) is 5.89 Å². The molecule has 0 unspecified atom stereocenters. The lowest BCUT2D eigenvalue weighted by atomic mass is 10.0. The summed E-state index contributed by atoms with van der Waals surface area (Å²) in [4.78, 5) is 6.98. The second kappa shape index (κ2) is 6.45. The molecule has 0 aliphatic heterocycles. The Balaban J connectivity index is 1.93. The fourth-order valence-corrected chi connectivity index (χ4v) is 2.83. The molecule has 0 aliphatic rings. The van der Waals surface area contributed by atoms with Gasteiger partial charge in [0.25, 0.3) is 0 Å². The van der Waals surface area contributed by atoms with E-state index >= 15 is 0 Å². The van der Waals surface area contributed by atoms with E-state index in [0.29, 0.717) is 11.8 Å². The first-order chi connectivity index (χ1) is 11.1. The van der Waals surface area contributed by atoms with Crippen molar-refractivity contribution < 1.29 is 4.42 Å². The van der Waals surface area contributed by atoms with Crippen molar-refractivity contribution in [1.82, 2.24) is 4.98 Å². The number of oxazole rings is 1. The van der Waals surface area contributed by atoms with Gasteiger partial charge in [-0.15, -0.1) is 0 Å². The molecule has 0 atom stereocenters. The maximum absolute atomic E-state index is 5.92. The van der Waals surface area contributed by atoms with Gasteiger partial charge in [0.05, 0.1) is 0 Å². The number of nitrogens with zero attached hydrogens (tertiary/aromatic N) is 2. The highest BCUT2D eigenvalue weighted by molar-refractivity contribution is 5.77. The standard InChI is InChI=1S/C20H24N2O/c1-5-22(6-2)17-10-7-15(8-11-17)20-21-18-13-16(14(3)4)9-12-19(18)23-20/h7-14H,5-6H2,1-4H3. The van der Waals surface area contributed by atoms with Crippen LogP contribution in [0.25, 0.3) is 22.6 Å². The summed E-state index contributed by atoms with van der Waals surface area (Å²) in [5.41, 5.74) is 5.31. The average Bonchev–Trinajstić information content (AvgIpc) is 2.99. The Morgan fingerprint density at radius 3 is 2.30 bits per heavy atom. The third-order valence-electron chi connectivity index (χ3n) is 4.32. The Morgan fingerprint density at radius 2 is 1.70 bits per heavy atom. The summed E-state index contributed by atoms with van der Waals surface area (Å²) in [6.07, 6.45) is 0. The molecule has 0 aliphatic carbocycles. The van der Waals surface area contributed by atoms with Crippen LogP contribution in [0.5, 0.6) is 0 Å². The van der Waals surface area contributed by atoms with Crippen LogP contribution in [0.3, 0.4) is 0 Å². The van der Waals surface area contributed by atoms with Gasteiger partial charge in [-0.05, 0) is 61.7 Å². The molecule has 3 nitrogen and oxygen atoms in total. The first-order valence-corrected chi connectivity index (χ1v) is 8.38. The van der Waals surface area contributed by atoms with Gasteiger partial charge in [-0.2, -0.15) is 0 Å². The first-order valence-electron chi connectivity index (χ1n) is 8.38. The van der Waals surface area contributed by atoms with Gasteiger partial charge in [-0.1, -0.05) is 19.9 Å². The Bertz CT molecular complexity index is 783. The summed E-state index contributed by atoms with van der Waals surface area (Å²) >= 11 is 0. The monoisotopic (exact) mass is 308 g/mol. The zero-order valence-electron chi connectivity index (χ0n) is 14.3. The number of hydrogen-bond donors (Lipinski definition) is 0. The van der Waals surface area contributed by atoms with E-state index in [4.69, 9.17) is 4.42 Å².